The Balaban J connectivity index is 1.64. The van der Waals surface area contributed by atoms with Crippen LogP contribution in [0.25, 0.3) is 0 Å². The van der Waals surface area contributed by atoms with Crippen LogP contribution in [0.5, 0.6) is 0 Å². The number of benzene rings is 1. The standard InChI is InChI=1S/C16H18N4O2/c21-20(22)16-6-2-1-5-15(16)19-10-8-18(9-11-19)13-14-4-3-7-17-12-14/h1-7,12H,8-11,13H2. The van der Waals surface area contributed by atoms with Gasteiger partial charge in [-0.05, 0) is 17.7 Å². The van der Waals surface area contributed by atoms with Crippen molar-refractivity contribution in [1.82, 2.24) is 9.88 Å². The minimum Gasteiger partial charge on any atom is -0.363 e. The van der Waals surface area contributed by atoms with E-state index in [1.165, 1.54) is 5.56 Å². The maximum Gasteiger partial charge on any atom is 0.292 e. The van der Waals surface area contributed by atoms with E-state index in [-0.39, 0.29) is 10.6 Å². The fourth-order valence-electron chi connectivity index (χ4n) is 2.78. The van der Waals surface area contributed by atoms with E-state index in [4.69, 9.17) is 0 Å². The summed E-state index contributed by atoms with van der Waals surface area (Å²) in [6.45, 7) is 4.25. The molecular formula is C16H18N4O2. The molecule has 1 aromatic heterocycles. The van der Waals surface area contributed by atoms with Crippen LogP contribution in [0.4, 0.5) is 11.4 Å². The monoisotopic (exact) mass is 298 g/mol. The highest BCUT2D eigenvalue weighted by Crippen LogP contribution is 2.28. The predicted molar refractivity (Wildman–Crippen MR) is 84.8 cm³/mol. The zero-order valence-electron chi connectivity index (χ0n) is 12.3. The van der Waals surface area contributed by atoms with Crippen LogP contribution >= 0.6 is 0 Å². The zero-order valence-corrected chi connectivity index (χ0v) is 12.3. The normalized spacial score (nSPS) is 15.7. The fraction of sp³-hybridized carbons (Fsp3) is 0.312. The molecule has 2 heterocycles. The lowest BCUT2D eigenvalue weighted by Gasteiger charge is -2.35. The van der Waals surface area contributed by atoms with Gasteiger partial charge in [0.25, 0.3) is 5.69 Å². The third kappa shape index (κ3) is 3.23. The molecule has 6 nitrogen and oxygen atoms in total. The Hall–Kier alpha value is -2.47. The molecule has 0 spiro atoms. The molecule has 0 atom stereocenters. The van der Waals surface area contributed by atoms with Gasteiger partial charge in [-0.2, -0.15) is 0 Å². The molecule has 2 aromatic rings. The molecule has 0 unspecified atom stereocenters. The smallest absolute Gasteiger partial charge is 0.292 e. The van der Waals surface area contributed by atoms with Gasteiger partial charge in [-0.3, -0.25) is 20.0 Å². The molecular weight excluding hydrogens is 280 g/mol. The van der Waals surface area contributed by atoms with Crippen LogP contribution in [0.3, 0.4) is 0 Å². The number of nitro groups is 1. The quantitative estimate of drug-likeness (QED) is 0.640. The summed E-state index contributed by atoms with van der Waals surface area (Å²) in [4.78, 5) is 19.4. The van der Waals surface area contributed by atoms with Gasteiger partial charge in [0.2, 0.25) is 0 Å². The summed E-state index contributed by atoms with van der Waals surface area (Å²) in [6, 6.07) is 11.0. The van der Waals surface area contributed by atoms with Gasteiger partial charge >= 0.3 is 0 Å². The van der Waals surface area contributed by atoms with E-state index < -0.39 is 0 Å². The molecule has 0 amide bonds. The minimum atomic E-state index is -0.308. The van der Waals surface area contributed by atoms with E-state index in [0.717, 1.165) is 32.7 Å². The molecule has 0 radical (unpaired) electrons. The largest absolute Gasteiger partial charge is 0.363 e. The van der Waals surface area contributed by atoms with E-state index in [9.17, 15) is 10.1 Å². The number of para-hydroxylation sites is 2. The van der Waals surface area contributed by atoms with Crippen molar-refractivity contribution in [3.63, 3.8) is 0 Å². The molecule has 1 aromatic carbocycles. The first-order valence-electron chi connectivity index (χ1n) is 7.33. The molecule has 0 aliphatic carbocycles. The summed E-state index contributed by atoms with van der Waals surface area (Å²) in [5, 5.41) is 11.1. The number of hydrogen-bond donors (Lipinski definition) is 0. The van der Waals surface area contributed by atoms with Crippen LogP contribution in [-0.4, -0.2) is 41.0 Å². The number of nitrogens with zero attached hydrogens (tertiary/aromatic N) is 4. The molecule has 0 N–H and O–H groups in total. The minimum absolute atomic E-state index is 0.184. The van der Waals surface area contributed by atoms with Gasteiger partial charge in [0.05, 0.1) is 4.92 Å². The van der Waals surface area contributed by atoms with Gasteiger partial charge in [0.1, 0.15) is 5.69 Å². The molecule has 114 valence electrons. The number of nitro benzene ring substituents is 1. The summed E-state index contributed by atoms with van der Waals surface area (Å²) >= 11 is 0. The van der Waals surface area contributed by atoms with Crippen molar-refractivity contribution in [2.45, 2.75) is 6.54 Å². The van der Waals surface area contributed by atoms with Crippen molar-refractivity contribution < 1.29 is 4.92 Å². The van der Waals surface area contributed by atoms with Crippen LogP contribution in [0.1, 0.15) is 5.56 Å². The number of rotatable bonds is 4. The summed E-state index contributed by atoms with van der Waals surface area (Å²) in [6.07, 6.45) is 3.66. The predicted octanol–water partition coefficient (Wildman–Crippen LogP) is 2.31. The molecule has 0 saturated carbocycles. The van der Waals surface area contributed by atoms with Crippen LogP contribution in [0.15, 0.2) is 48.8 Å². The lowest BCUT2D eigenvalue weighted by molar-refractivity contribution is -0.384. The number of piperazine rings is 1. The Bertz CT molecular complexity index is 640. The molecule has 1 fully saturated rings. The fourth-order valence-corrected chi connectivity index (χ4v) is 2.78. The van der Waals surface area contributed by atoms with Gasteiger partial charge in [-0.25, -0.2) is 0 Å². The molecule has 6 heteroatoms. The van der Waals surface area contributed by atoms with Crippen molar-refractivity contribution in [2.24, 2.45) is 0 Å². The summed E-state index contributed by atoms with van der Waals surface area (Å²) in [5.41, 5.74) is 2.10. The molecule has 0 bridgehead atoms. The first-order valence-corrected chi connectivity index (χ1v) is 7.33. The number of aromatic nitrogens is 1. The van der Waals surface area contributed by atoms with Crippen molar-refractivity contribution in [3.8, 4) is 0 Å². The lowest BCUT2D eigenvalue weighted by Crippen LogP contribution is -2.46. The molecule has 1 saturated heterocycles. The Morgan fingerprint density at radius 1 is 1.09 bits per heavy atom. The maximum absolute atomic E-state index is 11.1. The highest BCUT2D eigenvalue weighted by Gasteiger charge is 2.23. The first-order chi connectivity index (χ1) is 10.7. The highest BCUT2D eigenvalue weighted by molar-refractivity contribution is 5.63. The SMILES string of the molecule is O=[N+]([O-])c1ccccc1N1CCN(Cc2cccnc2)CC1. The summed E-state index contributed by atoms with van der Waals surface area (Å²) in [5.74, 6) is 0. The van der Waals surface area contributed by atoms with Crippen LogP contribution in [-0.2, 0) is 6.54 Å². The number of anilines is 1. The van der Waals surface area contributed by atoms with Gasteiger partial charge in [-0.1, -0.05) is 18.2 Å². The van der Waals surface area contributed by atoms with E-state index >= 15 is 0 Å². The Kier molecular flexibility index (Phi) is 4.29. The second kappa shape index (κ2) is 6.53. The average molecular weight is 298 g/mol. The average Bonchev–Trinajstić information content (AvgIpc) is 2.56. The molecule has 3 rings (SSSR count). The highest BCUT2D eigenvalue weighted by atomic mass is 16.6. The van der Waals surface area contributed by atoms with Crippen molar-refractivity contribution in [1.29, 1.82) is 0 Å². The van der Waals surface area contributed by atoms with Gasteiger partial charge < -0.3 is 4.90 Å². The van der Waals surface area contributed by atoms with Crippen molar-refractivity contribution >= 4 is 11.4 Å². The van der Waals surface area contributed by atoms with E-state index in [0.29, 0.717) is 5.69 Å². The third-order valence-electron chi connectivity index (χ3n) is 3.92. The van der Waals surface area contributed by atoms with Gasteiger partial charge in [-0.15, -0.1) is 0 Å². The molecule has 1 aliphatic rings. The van der Waals surface area contributed by atoms with Crippen LogP contribution in [0, 0.1) is 10.1 Å². The van der Waals surface area contributed by atoms with Gasteiger partial charge in [0, 0.05) is 51.2 Å². The van der Waals surface area contributed by atoms with E-state index in [1.807, 2.05) is 24.4 Å². The summed E-state index contributed by atoms with van der Waals surface area (Å²) in [7, 11) is 0. The van der Waals surface area contributed by atoms with Crippen LogP contribution in [0.2, 0.25) is 0 Å². The van der Waals surface area contributed by atoms with E-state index in [2.05, 4.69) is 20.9 Å². The second-order valence-electron chi connectivity index (χ2n) is 5.37. The maximum atomic E-state index is 11.1. The van der Waals surface area contributed by atoms with Crippen molar-refractivity contribution in [3.05, 3.63) is 64.5 Å². The van der Waals surface area contributed by atoms with Crippen molar-refractivity contribution in [2.75, 3.05) is 31.1 Å². The topological polar surface area (TPSA) is 62.5 Å². The zero-order chi connectivity index (χ0) is 15.4. The molecule has 1 aliphatic heterocycles. The third-order valence-corrected chi connectivity index (χ3v) is 3.92. The number of pyridine rings is 1. The second-order valence-corrected chi connectivity index (χ2v) is 5.37. The summed E-state index contributed by atoms with van der Waals surface area (Å²) < 4.78 is 0. The Labute approximate surface area is 129 Å². The molecule has 22 heavy (non-hydrogen) atoms. The van der Waals surface area contributed by atoms with Gasteiger partial charge in [0.15, 0.2) is 0 Å². The Morgan fingerprint density at radius 3 is 2.55 bits per heavy atom. The lowest BCUT2D eigenvalue weighted by atomic mass is 10.2. The number of hydrogen-bond acceptors (Lipinski definition) is 5. The van der Waals surface area contributed by atoms with Crippen LogP contribution < -0.4 is 4.90 Å². The first kappa shape index (κ1) is 14.5. The Morgan fingerprint density at radius 2 is 1.86 bits per heavy atom. The van der Waals surface area contributed by atoms with E-state index in [1.54, 1.807) is 18.3 Å².